The van der Waals surface area contributed by atoms with Gasteiger partial charge in [-0.1, -0.05) is 79.2 Å². The summed E-state index contributed by atoms with van der Waals surface area (Å²) in [4.78, 5) is 61.8. The number of rotatable bonds is 17. The number of amides is 4. The second kappa shape index (κ2) is 34.2. The summed E-state index contributed by atoms with van der Waals surface area (Å²) >= 11 is 0. The Labute approximate surface area is 354 Å². The van der Waals surface area contributed by atoms with Crippen molar-refractivity contribution in [1.29, 1.82) is 0 Å². The van der Waals surface area contributed by atoms with Crippen LogP contribution in [0.3, 0.4) is 0 Å². The van der Waals surface area contributed by atoms with E-state index in [0.717, 1.165) is 67.2 Å². The zero-order chi connectivity index (χ0) is 45.2. The van der Waals surface area contributed by atoms with Crippen molar-refractivity contribution >= 4 is 35.4 Å². The summed E-state index contributed by atoms with van der Waals surface area (Å²) in [7, 11) is 2.52. The van der Waals surface area contributed by atoms with Crippen molar-refractivity contribution in [2.75, 3.05) is 64.9 Å². The molecule has 1 aromatic heterocycles. The van der Waals surface area contributed by atoms with Gasteiger partial charge in [-0.3, -0.25) is 9.59 Å². The fourth-order valence-electron chi connectivity index (χ4n) is 5.71. The molecule has 0 aliphatic carbocycles. The predicted molar refractivity (Wildman–Crippen MR) is 240 cm³/mol. The number of anilines is 1. The molecule has 1 aromatic carbocycles. The largest absolute Gasteiger partial charge is 0.453 e. The van der Waals surface area contributed by atoms with Crippen LogP contribution < -0.4 is 20.9 Å². The summed E-state index contributed by atoms with van der Waals surface area (Å²) in [6.45, 7) is 21.9. The monoisotopic (exact) mass is 821 g/mol. The minimum Gasteiger partial charge on any atom is -0.453 e. The highest BCUT2D eigenvalue weighted by atomic mass is 16.5. The van der Waals surface area contributed by atoms with Gasteiger partial charge >= 0.3 is 12.2 Å². The van der Waals surface area contributed by atoms with Gasteiger partial charge in [-0.2, -0.15) is 0 Å². The number of H-pyrrole nitrogens is 1. The number of piperidine rings is 1. The number of terminal acetylenes is 2. The molecule has 1 saturated heterocycles. The number of carbonyl (C=O) groups excluding carboxylic acids is 4. The second-order valence-corrected chi connectivity index (χ2v) is 13.3. The second-order valence-electron chi connectivity index (χ2n) is 13.3. The molecule has 0 atom stereocenters. The molecule has 1 aliphatic rings. The van der Waals surface area contributed by atoms with Crippen molar-refractivity contribution in [1.82, 2.24) is 35.7 Å². The van der Waals surface area contributed by atoms with Gasteiger partial charge in [0.1, 0.15) is 18.9 Å². The molecule has 0 radical (unpaired) electrons. The fourth-order valence-corrected chi connectivity index (χ4v) is 5.71. The van der Waals surface area contributed by atoms with Crippen molar-refractivity contribution in [3.8, 4) is 25.7 Å². The van der Waals surface area contributed by atoms with Crippen LogP contribution in [-0.2, 0) is 25.6 Å². The number of nitrogens with one attached hydrogen (secondary N) is 4. The normalized spacial score (nSPS) is 11.7. The highest BCUT2D eigenvalue weighted by Crippen LogP contribution is 2.30. The zero-order valence-electron chi connectivity index (χ0n) is 37.2. The molecule has 328 valence electrons. The summed E-state index contributed by atoms with van der Waals surface area (Å²) in [5.74, 6) is 0.663. The van der Waals surface area contributed by atoms with Gasteiger partial charge in [-0.25, -0.2) is 14.6 Å². The first-order valence-electron chi connectivity index (χ1n) is 20.3. The summed E-state index contributed by atoms with van der Waals surface area (Å²) in [6, 6.07) is 8.41. The first kappa shape index (κ1) is 55.2. The molecule has 14 heteroatoms. The van der Waals surface area contributed by atoms with Crippen LogP contribution in [0.2, 0.25) is 0 Å². The van der Waals surface area contributed by atoms with Crippen LogP contribution in [0.5, 0.6) is 0 Å². The number of imidazole rings is 1. The molecule has 1 fully saturated rings. The van der Waals surface area contributed by atoms with Gasteiger partial charge in [-0.15, -0.1) is 25.7 Å². The number of aromatic nitrogens is 2. The van der Waals surface area contributed by atoms with Gasteiger partial charge in [0, 0.05) is 61.1 Å². The van der Waals surface area contributed by atoms with Crippen molar-refractivity contribution < 1.29 is 28.7 Å². The lowest BCUT2D eigenvalue weighted by atomic mass is 9.93. The number of nitrogens with zero attached hydrogens (tertiary/aromatic N) is 4. The van der Waals surface area contributed by atoms with Gasteiger partial charge in [0.15, 0.2) is 0 Å². The molecule has 0 spiro atoms. The van der Waals surface area contributed by atoms with E-state index in [1.54, 1.807) is 9.80 Å². The number of benzene rings is 1. The van der Waals surface area contributed by atoms with Crippen LogP contribution >= 0.6 is 0 Å². The molecule has 0 saturated carbocycles. The van der Waals surface area contributed by atoms with Crippen molar-refractivity contribution in [3.63, 3.8) is 0 Å². The molecular formula is C45H72N8O6. The van der Waals surface area contributed by atoms with E-state index in [9.17, 15) is 19.2 Å². The lowest BCUT2D eigenvalue weighted by Crippen LogP contribution is -2.42. The van der Waals surface area contributed by atoms with E-state index in [2.05, 4.69) is 125 Å². The molecule has 4 N–H and O–H groups in total. The lowest BCUT2D eigenvalue weighted by Gasteiger charge is -2.33. The lowest BCUT2D eigenvalue weighted by molar-refractivity contribution is -0.131. The summed E-state index contributed by atoms with van der Waals surface area (Å²) < 4.78 is 9.12. The Bertz CT molecular complexity index is 1550. The zero-order valence-corrected chi connectivity index (χ0v) is 37.2. The quantitative estimate of drug-likeness (QED) is 0.120. The maximum atomic E-state index is 12.7. The van der Waals surface area contributed by atoms with Gasteiger partial charge < -0.3 is 45.1 Å². The molecule has 59 heavy (non-hydrogen) atoms. The minimum absolute atomic E-state index is 0.125. The Morgan fingerprint density at radius 2 is 1.32 bits per heavy atom. The third-order valence-electron chi connectivity index (χ3n) is 8.28. The molecule has 4 amide bonds. The Kier molecular flexibility index (Phi) is 32.0. The maximum absolute atomic E-state index is 12.7. The van der Waals surface area contributed by atoms with Crippen LogP contribution in [0.4, 0.5) is 15.3 Å². The first-order chi connectivity index (χ1) is 28.4. The summed E-state index contributed by atoms with van der Waals surface area (Å²) in [5, 5.41) is 8.25. The van der Waals surface area contributed by atoms with Crippen molar-refractivity contribution in [2.45, 2.75) is 99.5 Å². The smallest absolute Gasteiger partial charge is 0.407 e. The standard InChI is InChI=1S/C35H52N8O6.2C3H8.2C2H2/c1-7-16-42(32(44)21-37-34(46)48-5)23-25(4)39-29(9-3)26-10-12-28(13-11-26)41-18-14-27(15-19-41)30-20-36-31(40-30)24-43(17-8-2)33(45)22-38-35(47)49-6;2*1-3-2;2*1-2/h9-13,20,27,39H,4,7-8,14-19,21-24H2,1-3,5-6H3,(H,36,40)(H,37,46)(H,38,47);2*3H2,1-2H3;2*1-2H/b29-9-;;;;. The fraction of sp³-hybridized carbons (Fsp3) is 0.533. The van der Waals surface area contributed by atoms with Gasteiger partial charge in [0.05, 0.1) is 27.3 Å². The number of ether oxygens (including phenoxy) is 2. The maximum Gasteiger partial charge on any atom is 0.407 e. The number of allylic oxidation sites excluding steroid dienone is 1. The number of aromatic amines is 1. The van der Waals surface area contributed by atoms with E-state index < -0.39 is 12.2 Å². The number of hydrogen-bond donors (Lipinski definition) is 4. The molecule has 14 nitrogen and oxygen atoms in total. The van der Waals surface area contributed by atoms with E-state index >= 15 is 0 Å². The third kappa shape index (κ3) is 22.0. The average Bonchev–Trinajstić information content (AvgIpc) is 3.74. The Morgan fingerprint density at radius 1 is 0.847 bits per heavy atom. The third-order valence-corrected chi connectivity index (χ3v) is 8.28. The Morgan fingerprint density at radius 3 is 1.78 bits per heavy atom. The van der Waals surface area contributed by atoms with E-state index in [-0.39, 0.29) is 24.9 Å². The van der Waals surface area contributed by atoms with Crippen molar-refractivity contribution in [3.05, 3.63) is 65.9 Å². The van der Waals surface area contributed by atoms with E-state index in [0.29, 0.717) is 37.8 Å². The van der Waals surface area contributed by atoms with Gasteiger partial charge in [0.25, 0.3) is 0 Å². The molecule has 2 aromatic rings. The van der Waals surface area contributed by atoms with E-state index in [1.807, 2.05) is 33.0 Å². The highest BCUT2D eigenvalue weighted by Gasteiger charge is 2.24. The van der Waals surface area contributed by atoms with Crippen LogP contribution in [0.15, 0.2) is 48.8 Å². The van der Waals surface area contributed by atoms with Crippen LogP contribution in [0.25, 0.3) is 5.70 Å². The van der Waals surface area contributed by atoms with Crippen LogP contribution in [-0.4, -0.2) is 104 Å². The van der Waals surface area contributed by atoms with E-state index in [1.165, 1.54) is 27.1 Å². The van der Waals surface area contributed by atoms with Crippen LogP contribution in [0.1, 0.15) is 110 Å². The average molecular weight is 821 g/mol. The van der Waals surface area contributed by atoms with Crippen molar-refractivity contribution in [2.24, 2.45) is 0 Å². The van der Waals surface area contributed by atoms with E-state index in [4.69, 9.17) is 0 Å². The molecule has 0 unspecified atom stereocenters. The number of carbonyl (C=O) groups is 4. The Balaban J connectivity index is 0. The number of hydrogen-bond acceptors (Lipinski definition) is 9. The predicted octanol–water partition coefficient (Wildman–Crippen LogP) is 7.28. The molecule has 3 rings (SSSR count). The molecular weight excluding hydrogens is 749 g/mol. The summed E-state index contributed by atoms with van der Waals surface area (Å²) in [5.41, 5.74) is 4.78. The van der Waals surface area contributed by atoms with Gasteiger partial charge in [-0.05, 0) is 50.3 Å². The molecule has 2 heterocycles. The Hall–Kier alpha value is -5.89. The summed E-state index contributed by atoms with van der Waals surface area (Å²) in [6.07, 6.45) is 24.6. The topological polar surface area (TPSA) is 161 Å². The number of methoxy groups -OCH3 is 2. The minimum atomic E-state index is -0.646. The molecule has 0 bridgehead atoms. The number of alkyl carbamates (subject to hydrolysis) is 2. The highest BCUT2D eigenvalue weighted by molar-refractivity contribution is 5.83. The van der Waals surface area contributed by atoms with Gasteiger partial charge in [0.2, 0.25) is 11.8 Å². The first-order valence-corrected chi connectivity index (χ1v) is 20.3. The molecule has 1 aliphatic heterocycles. The van der Waals surface area contributed by atoms with Crippen LogP contribution in [0, 0.1) is 25.7 Å². The SMILES string of the molecule is C#C.C#C.C=C(CN(CCC)C(=O)CNC(=O)OC)N/C(=C\C)c1ccc(N2CCC(c3cnc(CN(CCC)C(=O)CNC(=O)OC)[nH]3)CC2)cc1.CCC.CCC.